The topological polar surface area (TPSA) is 107 Å². The van der Waals surface area contributed by atoms with E-state index in [0.29, 0.717) is 5.69 Å². The number of hydrogen-bond donors (Lipinski definition) is 1. The zero-order chi connectivity index (χ0) is 23.5. The maximum absolute atomic E-state index is 12.6. The number of nitro groups is 1. The fourth-order valence-corrected chi connectivity index (χ4v) is 4.28. The maximum Gasteiger partial charge on any atom is 0.271 e. The Morgan fingerprint density at radius 3 is 2.58 bits per heavy atom. The van der Waals surface area contributed by atoms with Gasteiger partial charge >= 0.3 is 0 Å². The third kappa shape index (κ3) is 5.09. The van der Waals surface area contributed by atoms with Crippen molar-refractivity contribution in [2.45, 2.75) is 30.2 Å². The number of aryl methyl sites for hydroxylation is 2. The average Bonchev–Trinajstić information content (AvgIpc) is 2.79. The van der Waals surface area contributed by atoms with Gasteiger partial charge in [-0.15, -0.1) is 0 Å². The van der Waals surface area contributed by atoms with Crippen LogP contribution >= 0.6 is 11.8 Å². The van der Waals surface area contributed by atoms with E-state index in [9.17, 15) is 19.7 Å². The molecule has 1 N–H and O–H groups in total. The molecule has 3 aromatic carbocycles. The van der Waals surface area contributed by atoms with Gasteiger partial charge in [-0.25, -0.2) is 4.98 Å². The predicted molar refractivity (Wildman–Crippen MR) is 128 cm³/mol. The first kappa shape index (κ1) is 22.2. The molecule has 4 rings (SSSR count). The molecule has 0 fully saturated rings. The maximum atomic E-state index is 12.6. The first-order valence-electron chi connectivity index (χ1n) is 10.1. The molecule has 1 amide bonds. The molecule has 0 unspecified atom stereocenters. The third-order valence-electron chi connectivity index (χ3n) is 5.04. The quantitative estimate of drug-likeness (QED) is 0.330. The number of carbonyl (C=O) groups excluding carboxylic acids is 1. The van der Waals surface area contributed by atoms with Gasteiger partial charge in [-0.1, -0.05) is 23.9 Å². The van der Waals surface area contributed by atoms with Gasteiger partial charge in [0.05, 0.1) is 22.2 Å². The van der Waals surface area contributed by atoms with E-state index in [1.165, 1.54) is 45.1 Å². The number of amides is 1. The van der Waals surface area contributed by atoms with Gasteiger partial charge in [-0.05, 0) is 61.4 Å². The molecule has 8 nitrogen and oxygen atoms in total. The highest BCUT2D eigenvalue weighted by atomic mass is 32.2. The fourth-order valence-electron chi connectivity index (χ4n) is 3.28. The van der Waals surface area contributed by atoms with E-state index in [0.717, 1.165) is 4.90 Å². The normalized spacial score (nSPS) is 10.8. The van der Waals surface area contributed by atoms with Crippen LogP contribution in [0.3, 0.4) is 0 Å². The number of non-ortho nitro benzene ring substituents is 1. The summed E-state index contributed by atoms with van der Waals surface area (Å²) in [4.78, 5) is 41.8. The van der Waals surface area contributed by atoms with Gasteiger partial charge in [0.25, 0.3) is 11.2 Å². The second kappa shape index (κ2) is 9.25. The number of nitro benzene ring substituents is 1. The van der Waals surface area contributed by atoms with Crippen LogP contribution < -0.4 is 10.9 Å². The van der Waals surface area contributed by atoms with Gasteiger partial charge in [-0.3, -0.25) is 24.3 Å². The lowest BCUT2D eigenvalue weighted by atomic mass is 10.2. The summed E-state index contributed by atoms with van der Waals surface area (Å²) in [6.07, 6.45) is 1.22. The van der Waals surface area contributed by atoms with Gasteiger partial charge in [-0.2, -0.15) is 0 Å². The predicted octanol–water partition coefficient (Wildman–Crippen LogP) is 4.71. The molecule has 0 saturated carbocycles. The summed E-state index contributed by atoms with van der Waals surface area (Å²) in [6.45, 7) is 3.90. The summed E-state index contributed by atoms with van der Waals surface area (Å²) in [6, 6.07) is 17.6. The van der Waals surface area contributed by atoms with Crippen molar-refractivity contribution in [2.24, 2.45) is 0 Å². The minimum atomic E-state index is -0.550. The van der Waals surface area contributed by atoms with E-state index >= 15 is 0 Å². The summed E-state index contributed by atoms with van der Waals surface area (Å²) >= 11 is 1.66. The highest BCUT2D eigenvalue weighted by Crippen LogP contribution is 2.31. The lowest BCUT2D eigenvalue weighted by Crippen LogP contribution is -2.27. The molecule has 0 aliphatic heterocycles. The molecule has 0 aliphatic carbocycles. The molecule has 33 heavy (non-hydrogen) atoms. The molecule has 0 radical (unpaired) electrons. The van der Waals surface area contributed by atoms with E-state index in [-0.39, 0.29) is 29.0 Å². The molecular formula is C24H20N4O4S. The van der Waals surface area contributed by atoms with Gasteiger partial charge in [0.1, 0.15) is 6.54 Å². The van der Waals surface area contributed by atoms with E-state index in [4.69, 9.17) is 0 Å². The molecule has 0 atom stereocenters. The summed E-state index contributed by atoms with van der Waals surface area (Å²) in [5, 5.41) is 13.9. The summed E-state index contributed by atoms with van der Waals surface area (Å²) < 4.78 is 1.17. The van der Waals surface area contributed by atoms with E-state index < -0.39 is 10.5 Å². The second-order valence-corrected chi connectivity index (χ2v) is 8.70. The van der Waals surface area contributed by atoms with Gasteiger partial charge in [0.2, 0.25) is 5.91 Å². The van der Waals surface area contributed by atoms with Crippen LogP contribution in [-0.4, -0.2) is 20.4 Å². The number of aromatic nitrogens is 2. The zero-order valence-electron chi connectivity index (χ0n) is 17.9. The third-order valence-corrected chi connectivity index (χ3v) is 6.21. The first-order chi connectivity index (χ1) is 15.8. The van der Waals surface area contributed by atoms with Crippen molar-refractivity contribution in [3.8, 4) is 0 Å². The Labute approximate surface area is 193 Å². The smallest absolute Gasteiger partial charge is 0.271 e. The van der Waals surface area contributed by atoms with Crippen molar-refractivity contribution in [1.82, 2.24) is 9.55 Å². The highest BCUT2D eigenvalue weighted by molar-refractivity contribution is 7.99. The fraction of sp³-hybridized carbons (Fsp3) is 0.125. The minimum absolute atomic E-state index is 0.149. The SMILES string of the molecule is Cc1ccc(C)c(Sc2ccc(NC(=O)Cn3cnc4cc([N+](=O)[O-])ccc4c3=O)cc2)c1. The lowest BCUT2D eigenvalue weighted by molar-refractivity contribution is -0.384. The van der Waals surface area contributed by atoms with E-state index in [1.807, 2.05) is 24.3 Å². The molecule has 1 heterocycles. The van der Waals surface area contributed by atoms with Gasteiger partial charge in [0, 0.05) is 27.6 Å². The Balaban J connectivity index is 1.44. The van der Waals surface area contributed by atoms with Crippen molar-refractivity contribution >= 4 is 39.9 Å². The van der Waals surface area contributed by atoms with Crippen molar-refractivity contribution in [3.05, 3.63) is 98.6 Å². The number of nitrogens with zero attached hydrogens (tertiary/aromatic N) is 3. The molecular weight excluding hydrogens is 440 g/mol. The minimum Gasteiger partial charge on any atom is -0.325 e. The van der Waals surface area contributed by atoms with Crippen LogP contribution in [0.1, 0.15) is 11.1 Å². The number of nitrogens with one attached hydrogen (secondary N) is 1. The summed E-state index contributed by atoms with van der Waals surface area (Å²) in [5.74, 6) is -0.380. The number of carbonyl (C=O) groups is 1. The Bertz CT molecular complexity index is 1430. The van der Waals surface area contributed by atoms with Crippen LogP contribution in [0, 0.1) is 24.0 Å². The van der Waals surface area contributed by atoms with Crippen LogP contribution in [0.4, 0.5) is 11.4 Å². The monoisotopic (exact) mass is 460 g/mol. The Kier molecular flexibility index (Phi) is 6.23. The molecule has 0 bridgehead atoms. The standard InChI is InChI=1S/C24H20N4O4S/c1-15-3-4-16(2)22(11-15)33-19-8-5-17(6-9-19)26-23(29)13-27-14-25-21-12-18(28(31)32)7-10-20(21)24(27)30/h3-12,14H,13H2,1-2H3,(H,26,29). The molecule has 0 saturated heterocycles. The summed E-state index contributed by atoms with van der Waals surface area (Å²) in [7, 11) is 0. The van der Waals surface area contributed by atoms with Crippen LogP contribution in [0.15, 0.2) is 81.6 Å². The second-order valence-electron chi connectivity index (χ2n) is 7.58. The van der Waals surface area contributed by atoms with Crippen LogP contribution in [0.5, 0.6) is 0 Å². The van der Waals surface area contributed by atoms with E-state index in [2.05, 4.69) is 42.3 Å². The number of rotatable bonds is 6. The van der Waals surface area contributed by atoms with Crippen LogP contribution in [0.2, 0.25) is 0 Å². The van der Waals surface area contributed by atoms with Crippen molar-refractivity contribution in [3.63, 3.8) is 0 Å². The number of hydrogen-bond acceptors (Lipinski definition) is 6. The first-order valence-corrected chi connectivity index (χ1v) is 10.9. The number of benzene rings is 3. The lowest BCUT2D eigenvalue weighted by Gasteiger charge is -2.10. The molecule has 0 spiro atoms. The van der Waals surface area contributed by atoms with E-state index in [1.54, 1.807) is 11.8 Å². The van der Waals surface area contributed by atoms with Gasteiger partial charge < -0.3 is 5.32 Å². The van der Waals surface area contributed by atoms with Crippen molar-refractivity contribution < 1.29 is 9.72 Å². The van der Waals surface area contributed by atoms with Crippen LogP contribution in [0.25, 0.3) is 10.9 Å². The van der Waals surface area contributed by atoms with Crippen molar-refractivity contribution in [2.75, 3.05) is 5.32 Å². The molecule has 1 aromatic heterocycles. The van der Waals surface area contributed by atoms with Crippen molar-refractivity contribution in [1.29, 1.82) is 0 Å². The number of fused-ring (bicyclic) bond motifs is 1. The van der Waals surface area contributed by atoms with Crippen LogP contribution in [-0.2, 0) is 11.3 Å². The Morgan fingerprint density at radius 2 is 1.85 bits per heavy atom. The summed E-state index contributed by atoms with van der Waals surface area (Å²) in [5.41, 5.74) is 2.63. The molecule has 166 valence electrons. The van der Waals surface area contributed by atoms with Gasteiger partial charge in [0.15, 0.2) is 0 Å². The number of anilines is 1. The Morgan fingerprint density at radius 1 is 1.09 bits per heavy atom. The molecule has 4 aromatic rings. The zero-order valence-corrected chi connectivity index (χ0v) is 18.8. The molecule has 9 heteroatoms. The highest BCUT2D eigenvalue weighted by Gasteiger charge is 2.12. The average molecular weight is 461 g/mol. The molecule has 0 aliphatic rings. The largest absolute Gasteiger partial charge is 0.325 e. The Hall–Kier alpha value is -3.98.